The van der Waals surface area contributed by atoms with Gasteiger partial charge in [0.05, 0.1) is 6.04 Å². The Morgan fingerprint density at radius 2 is 2.13 bits per heavy atom. The molecule has 1 aliphatic heterocycles. The maximum Gasteiger partial charge on any atom is 0.250 e. The number of carbonyl (C=O) groups excluding carboxylic acids is 1. The lowest BCUT2D eigenvalue weighted by molar-refractivity contribution is -0.135. The summed E-state index contributed by atoms with van der Waals surface area (Å²) >= 11 is 0. The quantitative estimate of drug-likeness (QED) is 0.925. The fourth-order valence-electron chi connectivity index (χ4n) is 2.84. The number of amides is 1. The molecule has 0 bridgehead atoms. The van der Waals surface area contributed by atoms with Crippen LogP contribution in [0.5, 0.6) is 0 Å². The van der Waals surface area contributed by atoms with E-state index in [0.717, 1.165) is 5.56 Å². The molecule has 6 heteroatoms. The van der Waals surface area contributed by atoms with Gasteiger partial charge >= 0.3 is 0 Å². The molecule has 1 aliphatic rings. The van der Waals surface area contributed by atoms with Crippen LogP contribution in [-0.4, -0.2) is 35.0 Å². The summed E-state index contributed by atoms with van der Waals surface area (Å²) in [6.45, 7) is 1.77. The number of pyridine rings is 1. The van der Waals surface area contributed by atoms with Crippen molar-refractivity contribution in [1.82, 2.24) is 14.8 Å². The second-order valence-corrected chi connectivity index (χ2v) is 5.53. The van der Waals surface area contributed by atoms with E-state index in [-0.39, 0.29) is 29.9 Å². The first kappa shape index (κ1) is 15.4. The topological polar surface area (TPSA) is 54.3 Å². The van der Waals surface area contributed by atoms with E-state index in [2.05, 4.69) is 5.32 Å². The zero-order valence-corrected chi connectivity index (χ0v) is 12.6. The number of nitrogens with zero attached hydrogens (tertiary/aromatic N) is 2. The van der Waals surface area contributed by atoms with Gasteiger partial charge in [-0.2, -0.15) is 0 Å². The SMILES string of the molecule is O=C(Cn1ccccc1=O)N1CCNCC1c1cccc(F)c1. The highest BCUT2D eigenvalue weighted by Gasteiger charge is 2.28. The van der Waals surface area contributed by atoms with Crippen molar-refractivity contribution in [2.45, 2.75) is 12.6 Å². The number of aromatic nitrogens is 1. The zero-order chi connectivity index (χ0) is 16.2. The van der Waals surface area contributed by atoms with Crippen molar-refractivity contribution < 1.29 is 9.18 Å². The maximum atomic E-state index is 13.5. The van der Waals surface area contributed by atoms with Crippen molar-refractivity contribution in [3.8, 4) is 0 Å². The van der Waals surface area contributed by atoms with Crippen LogP contribution in [0.25, 0.3) is 0 Å². The summed E-state index contributed by atoms with van der Waals surface area (Å²) in [5.74, 6) is -0.464. The molecule has 1 fully saturated rings. The van der Waals surface area contributed by atoms with Gasteiger partial charge in [0.2, 0.25) is 5.91 Å². The summed E-state index contributed by atoms with van der Waals surface area (Å²) in [6.07, 6.45) is 1.60. The molecule has 1 aromatic carbocycles. The molecule has 1 aromatic heterocycles. The Labute approximate surface area is 133 Å². The van der Waals surface area contributed by atoms with Crippen LogP contribution in [0.15, 0.2) is 53.5 Å². The summed E-state index contributed by atoms with van der Waals surface area (Å²) in [6, 6.07) is 10.8. The molecule has 2 heterocycles. The summed E-state index contributed by atoms with van der Waals surface area (Å²) in [4.78, 5) is 26.1. The monoisotopic (exact) mass is 315 g/mol. The molecule has 2 aromatic rings. The van der Waals surface area contributed by atoms with E-state index in [0.29, 0.717) is 19.6 Å². The van der Waals surface area contributed by atoms with E-state index in [1.807, 2.05) is 6.07 Å². The van der Waals surface area contributed by atoms with Gasteiger partial charge in [-0.1, -0.05) is 18.2 Å². The molecule has 0 aliphatic carbocycles. The average molecular weight is 315 g/mol. The van der Waals surface area contributed by atoms with Gasteiger partial charge < -0.3 is 14.8 Å². The number of rotatable bonds is 3. The first-order valence-corrected chi connectivity index (χ1v) is 7.56. The van der Waals surface area contributed by atoms with Gasteiger partial charge in [-0.25, -0.2) is 4.39 Å². The van der Waals surface area contributed by atoms with E-state index in [1.165, 1.54) is 22.8 Å². The van der Waals surface area contributed by atoms with Crippen molar-refractivity contribution >= 4 is 5.91 Å². The lowest BCUT2D eigenvalue weighted by Crippen LogP contribution is -2.50. The number of hydrogen-bond donors (Lipinski definition) is 1. The Hall–Kier alpha value is -2.47. The zero-order valence-electron chi connectivity index (χ0n) is 12.6. The largest absolute Gasteiger partial charge is 0.332 e. The van der Waals surface area contributed by atoms with Gasteiger partial charge in [0.25, 0.3) is 5.56 Å². The van der Waals surface area contributed by atoms with Crippen molar-refractivity contribution in [2.75, 3.05) is 19.6 Å². The van der Waals surface area contributed by atoms with Gasteiger partial charge in [0.15, 0.2) is 0 Å². The third-order valence-corrected chi connectivity index (χ3v) is 4.00. The molecular weight excluding hydrogens is 297 g/mol. The van der Waals surface area contributed by atoms with Crippen LogP contribution < -0.4 is 10.9 Å². The molecule has 0 spiro atoms. The molecule has 1 N–H and O–H groups in total. The molecule has 1 atom stereocenters. The number of benzene rings is 1. The Balaban J connectivity index is 1.82. The molecule has 23 heavy (non-hydrogen) atoms. The van der Waals surface area contributed by atoms with E-state index < -0.39 is 0 Å². The number of carbonyl (C=O) groups is 1. The molecular formula is C17H18FN3O2. The van der Waals surface area contributed by atoms with Gasteiger partial charge in [0, 0.05) is 31.9 Å². The highest BCUT2D eigenvalue weighted by atomic mass is 19.1. The van der Waals surface area contributed by atoms with E-state index >= 15 is 0 Å². The second kappa shape index (κ2) is 6.75. The second-order valence-electron chi connectivity index (χ2n) is 5.53. The van der Waals surface area contributed by atoms with Crippen LogP contribution in [-0.2, 0) is 11.3 Å². The standard InChI is InChI=1S/C17H18FN3O2/c18-14-5-3-4-13(10-14)15-11-19-7-9-21(15)17(23)12-20-8-2-1-6-16(20)22/h1-6,8,10,15,19H,7,9,11-12H2. The van der Waals surface area contributed by atoms with Crippen LogP contribution in [0.2, 0.25) is 0 Å². The Kier molecular flexibility index (Phi) is 4.52. The Morgan fingerprint density at radius 3 is 2.91 bits per heavy atom. The Bertz CT molecular complexity index is 759. The molecule has 120 valence electrons. The third kappa shape index (κ3) is 3.48. The molecule has 1 saturated heterocycles. The number of hydrogen-bond acceptors (Lipinski definition) is 3. The molecule has 1 unspecified atom stereocenters. The normalized spacial score (nSPS) is 18.0. The van der Waals surface area contributed by atoms with Gasteiger partial charge in [-0.15, -0.1) is 0 Å². The van der Waals surface area contributed by atoms with Gasteiger partial charge in [-0.05, 0) is 23.8 Å². The molecule has 0 saturated carbocycles. The minimum absolute atomic E-state index is 0.00844. The van der Waals surface area contributed by atoms with E-state index in [9.17, 15) is 14.0 Å². The highest BCUT2D eigenvalue weighted by Crippen LogP contribution is 2.23. The van der Waals surface area contributed by atoms with E-state index in [1.54, 1.807) is 29.3 Å². The molecule has 0 radical (unpaired) electrons. The molecule has 1 amide bonds. The predicted molar refractivity (Wildman–Crippen MR) is 84.4 cm³/mol. The molecule has 3 rings (SSSR count). The van der Waals surface area contributed by atoms with Crippen molar-refractivity contribution in [3.63, 3.8) is 0 Å². The van der Waals surface area contributed by atoms with E-state index in [4.69, 9.17) is 0 Å². The highest BCUT2D eigenvalue weighted by molar-refractivity contribution is 5.76. The summed E-state index contributed by atoms with van der Waals surface area (Å²) in [5.41, 5.74) is 0.546. The van der Waals surface area contributed by atoms with Gasteiger partial charge in [0.1, 0.15) is 12.4 Å². The first-order valence-electron chi connectivity index (χ1n) is 7.56. The van der Waals surface area contributed by atoms with Gasteiger partial charge in [-0.3, -0.25) is 9.59 Å². The average Bonchev–Trinajstić information content (AvgIpc) is 2.57. The van der Waals surface area contributed by atoms with Crippen molar-refractivity contribution in [1.29, 1.82) is 0 Å². The Morgan fingerprint density at radius 1 is 1.26 bits per heavy atom. The van der Waals surface area contributed by atoms with Crippen molar-refractivity contribution in [2.24, 2.45) is 0 Å². The van der Waals surface area contributed by atoms with Crippen LogP contribution in [0, 0.1) is 5.82 Å². The van der Waals surface area contributed by atoms with Crippen molar-refractivity contribution in [3.05, 3.63) is 70.4 Å². The fraction of sp³-hybridized carbons (Fsp3) is 0.294. The van der Waals surface area contributed by atoms with Crippen LogP contribution in [0.3, 0.4) is 0 Å². The first-order chi connectivity index (χ1) is 11.1. The third-order valence-electron chi connectivity index (χ3n) is 4.00. The number of halogens is 1. The predicted octanol–water partition coefficient (Wildman–Crippen LogP) is 1.16. The molecule has 5 nitrogen and oxygen atoms in total. The summed E-state index contributed by atoms with van der Waals surface area (Å²) in [5, 5.41) is 3.23. The number of piperazine rings is 1. The number of nitrogens with one attached hydrogen (secondary N) is 1. The van der Waals surface area contributed by atoms with Crippen LogP contribution in [0.1, 0.15) is 11.6 Å². The summed E-state index contributed by atoms with van der Waals surface area (Å²) < 4.78 is 14.9. The van der Waals surface area contributed by atoms with Crippen LogP contribution in [0.4, 0.5) is 4.39 Å². The maximum absolute atomic E-state index is 13.5. The lowest BCUT2D eigenvalue weighted by atomic mass is 10.0. The lowest BCUT2D eigenvalue weighted by Gasteiger charge is -2.36. The van der Waals surface area contributed by atoms with Crippen LogP contribution >= 0.6 is 0 Å². The summed E-state index contributed by atoms with van der Waals surface area (Å²) in [7, 11) is 0. The minimum atomic E-state index is -0.320. The fourth-order valence-corrected chi connectivity index (χ4v) is 2.84. The minimum Gasteiger partial charge on any atom is -0.332 e. The smallest absolute Gasteiger partial charge is 0.250 e.